The van der Waals surface area contributed by atoms with Crippen molar-refractivity contribution < 1.29 is 5.11 Å². The van der Waals surface area contributed by atoms with E-state index in [1.165, 1.54) is 18.4 Å². The molecule has 17 heavy (non-hydrogen) atoms. The van der Waals surface area contributed by atoms with Crippen LogP contribution >= 0.6 is 0 Å². The molecule has 3 N–H and O–H groups in total. The number of rotatable bonds is 4. The number of anilines is 1. The third kappa shape index (κ3) is 3.45. The van der Waals surface area contributed by atoms with E-state index in [-0.39, 0.29) is 6.61 Å². The lowest BCUT2D eigenvalue weighted by Crippen LogP contribution is -2.31. The van der Waals surface area contributed by atoms with Crippen molar-refractivity contribution in [3.05, 3.63) is 29.3 Å². The second-order valence-electron chi connectivity index (χ2n) is 4.88. The highest BCUT2D eigenvalue weighted by atomic mass is 16.3. The Bertz CT molecular complexity index is 359. The Kier molecular flexibility index (Phi) is 4.40. The zero-order valence-electron chi connectivity index (χ0n) is 10.5. The van der Waals surface area contributed by atoms with Gasteiger partial charge in [0.1, 0.15) is 0 Å². The van der Waals surface area contributed by atoms with Crippen molar-refractivity contribution >= 4 is 5.69 Å². The lowest BCUT2D eigenvalue weighted by atomic mass is 9.98. The minimum atomic E-state index is 0.113. The summed E-state index contributed by atoms with van der Waals surface area (Å²) in [6.07, 6.45) is 2.51. The Morgan fingerprint density at radius 2 is 2.12 bits per heavy atom. The first-order valence-corrected chi connectivity index (χ1v) is 6.44. The average Bonchev–Trinajstić information content (AvgIpc) is 2.39. The molecule has 94 valence electrons. The van der Waals surface area contributed by atoms with E-state index in [2.05, 4.69) is 29.7 Å². The van der Waals surface area contributed by atoms with E-state index in [9.17, 15) is 0 Å². The molecule has 0 amide bonds. The number of benzene rings is 1. The molecule has 1 aromatic carbocycles. The highest BCUT2D eigenvalue weighted by molar-refractivity contribution is 5.52. The number of aryl methyl sites for hydroxylation is 1. The molecule has 3 nitrogen and oxygen atoms in total. The van der Waals surface area contributed by atoms with Gasteiger partial charge in [-0.25, -0.2) is 0 Å². The van der Waals surface area contributed by atoms with Crippen LogP contribution in [0.5, 0.6) is 0 Å². The van der Waals surface area contributed by atoms with Gasteiger partial charge in [-0.05, 0) is 56.0 Å². The summed E-state index contributed by atoms with van der Waals surface area (Å²) in [6.45, 7) is 5.54. The predicted octanol–water partition coefficient (Wildman–Crippen LogP) is 1.90. The van der Waals surface area contributed by atoms with E-state index < -0.39 is 0 Å². The van der Waals surface area contributed by atoms with E-state index in [1.807, 2.05) is 6.07 Å². The zero-order chi connectivity index (χ0) is 12.1. The van der Waals surface area contributed by atoms with Gasteiger partial charge >= 0.3 is 0 Å². The summed E-state index contributed by atoms with van der Waals surface area (Å²) in [7, 11) is 0. The minimum absolute atomic E-state index is 0.113. The van der Waals surface area contributed by atoms with Crippen LogP contribution in [0, 0.1) is 12.8 Å². The summed E-state index contributed by atoms with van der Waals surface area (Å²) >= 11 is 0. The summed E-state index contributed by atoms with van der Waals surface area (Å²) in [4.78, 5) is 0. The van der Waals surface area contributed by atoms with Gasteiger partial charge in [0.05, 0.1) is 6.61 Å². The lowest BCUT2D eigenvalue weighted by molar-refractivity contribution is 0.282. The third-order valence-electron chi connectivity index (χ3n) is 3.52. The molecule has 1 aromatic rings. The van der Waals surface area contributed by atoms with Gasteiger partial charge in [-0.15, -0.1) is 0 Å². The molecule has 0 spiro atoms. The zero-order valence-corrected chi connectivity index (χ0v) is 10.5. The van der Waals surface area contributed by atoms with Gasteiger partial charge in [0.25, 0.3) is 0 Å². The molecule has 0 aromatic heterocycles. The van der Waals surface area contributed by atoms with Crippen molar-refractivity contribution in [3.63, 3.8) is 0 Å². The molecule has 1 saturated heterocycles. The van der Waals surface area contributed by atoms with Gasteiger partial charge in [0.15, 0.2) is 0 Å². The summed E-state index contributed by atoms with van der Waals surface area (Å²) in [5, 5.41) is 16.0. The Morgan fingerprint density at radius 1 is 1.35 bits per heavy atom. The van der Waals surface area contributed by atoms with Crippen molar-refractivity contribution in [2.75, 3.05) is 25.0 Å². The standard InChI is InChI=1S/C14H22N2O/c1-11-2-3-13(10-17)8-14(11)16-9-12-4-6-15-7-5-12/h2-3,8,12,15-17H,4-7,9-10H2,1H3. The fourth-order valence-corrected chi connectivity index (χ4v) is 2.30. The van der Waals surface area contributed by atoms with Crippen LogP contribution in [0.4, 0.5) is 5.69 Å². The van der Waals surface area contributed by atoms with Gasteiger partial charge < -0.3 is 15.7 Å². The summed E-state index contributed by atoms with van der Waals surface area (Å²) in [6, 6.07) is 6.10. The molecule has 0 radical (unpaired) electrons. The second kappa shape index (κ2) is 6.03. The van der Waals surface area contributed by atoms with Crippen LogP contribution in [0.3, 0.4) is 0 Å². The van der Waals surface area contributed by atoms with Crippen molar-refractivity contribution in [2.45, 2.75) is 26.4 Å². The van der Waals surface area contributed by atoms with Crippen LogP contribution in [-0.4, -0.2) is 24.7 Å². The fourth-order valence-electron chi connectivity index (χ4n) is 2.30. The van der Waals surface area contributed by atoms with E-state index in [0.29, 0.717) is 0 Å². The molecule has 1 aliphatic heterocycles. The number of aliphatic hydroxyl groups is 1. The van der Waals surface area contributed by atoms with Crippen LogP contribution in [0.25, 0.3) is 0 Å². The van der Waals surface area contributed by atoms with Crippen molar-refractivity contribution in [3.8, 4) is 0 Å². The van der Waals surface area contributed by atoms with Crippen LogP contribution < -0.4 is 10.6 Å². The lowest BCUT2D eigenvalue weighted by Gasteiger charge is -2.23. The maximum Gasteiger partial charge on any atom is 0.0682 e. The smallest absolute Gasteiger partial charge is 0.0682 e. The number of piperidine rings is 1. The van der Waals surface area contributed by atoms with Gasteiger partial charge in [0, 0.05) is 12.2 Å². The first-order chi connectivity index (χ1) is 8.29. The normalized spacial score (nSPS) is 17.1. The maximum absolute atomic E-state index is 9.13. The average molecular weight is 234 g/mol. The number of hydrogen-bond donors (Lipinski definition) is 3. The van der Waals surface area contributed by atoms with Gasteiger partial charge in [-0.1, -0.05) is 12.1 Å². The molecular weight excluding hydrogens is 212 g/mol. The van der Waals surface area contributed by atoms with Gasteiger partial charge in [-0.2, -0.15) is 0 Å². The summed E-state index contributed by atoms with van der Waals surface area (Å²) in [5.41, 5.74) is 3.38. The Hall–Kier alpha value is -1.06. The molecule has 0 aliphatic carbocycles. The Balaban J connectivity index is 1.92. The molecular formula is C14H22N2O. The first kappa shape index (κ1) is 12.4. The first-order valence-electron chi connectivity index (χ1n) is 6.44. The number of hydrogen-bond acceptors (Lipinski definition) is 3. The topological polar surface area (TPSA) is 44.3 Å². The summed E-state index contributed by atoms with van der Waals surface area (Å²) < 4.78 is 0. The number of nitrogens with one attached hydrogen (secondary N) is 2. The predicted molar refractivity (Wildman–Crippen MR) is 71.2 cm³/mol. The van der Waals surface area contributed by atoms with E-state index >= 15 is 0 Å². The van der Waals surface area contributed by atoms with Crippen LogP contribution in [0.15, 0.2) is 18.2 Å². The molecule has 3 heteroatoms. The molecule has 0 atom stereocenters. The number of aliphatic hydroxyl groups excluding tert-OH is 1. The van der Waals surface area contributed by atoms with Crippen molar-refractivity contribution in [1.29, 1.82) is 0 Å². The van der Waals surface area contributed by atoms with Crippen LogP contribution in [0.2, 0.25) is 0 Å². The SMILES string of the molecule is Cc1ccc(CO)cc1NCC1CCNCC1. The molecule has 1 heterocycles. The Morgan fingerprint density at radius 3 is 2.82 bits per heavy atom. The molecule has 0 bridgehead atoms. The molecule has 0 saturated carbocycles. The van der Waals surface area contributed by atoms with Gasteiger partial charge in [0.2, 0.25) is 0 Å². The molecule has 0 unspecified atom stereocenters. The van der Waals surface area contributed by atoms with E-state index in [4.69, 9.17) is 5.11 Å². The van der Waals surface area contributed by atoms with Crippen LogP contribution in [-0.2, 0) is 6.61 Å². The second-order valence-corrected chi connectivity index (χ2v) is 4.88. The monoisotopic (exact) mass is 234 g/mol. The minimum Gasteiger partial charge on any atom is -0.392 e. The largest absolute Gasteiger partial charge is 0.392 e. The molecule has 2 rings (SSSR count). The van der Waals surface area contributed by atoms with Crippen molar-refractivity contribution in [2.24, 2.45) is 5.92 Å². The van der Waals surface area contributed by atoms with E-state index in [0.717, 1.165) is 36.8 Å². The Labute approximate surface area is 103 Å². The highest BCUT2D eigenvalue weighted by Gasteiger charge is 2.12. The summed E-state index contributed by atoms with van der Waals surface area (Å²) in [5.74, 6) is 0.772. The third-order valence-corrected chi connectivity index (χ3v) is 3.52. The van der Waals surface area contributed by atoms with Crippen molar-refractivity contribution in [1.82, 2.24) is 5.32 Å². The van der Waals surface area contributed by atoms with E-state index in [1.54, 1.807) is 0 Å². The van der Waals surface area contributed by atoms with Crippen LogP contribution in [0.1, 0.15) is 24.0 Å². The highest BCUT2D eigenvalue weighted by Crippen LogP contribution is 2.19. The quantitative estimate of drug-likeness (QED) is 0.745. The van der Waals surface area contributed by atoms with Gasteiger partial charge in [-0.3, -0.25) is 0 Å². The fraction of sp³-hybridized carbons (Fsp3) is 0.571. The molecule has 1 fully saturated rings. The molecule has 1 aliphatic rings. The maximum atomic E-state index is 9.13.